The van der Waals surface area contributed by atoms with Crippen LogP contribution in [0.15, 0.2) is 35.5 Å². The first kappa shape index (κ1) is 14.3. The molecule has 4 rings (SSSR count). The van der Waals surface area contributed by atoms with Crippen LogP contribution in [-0.2, 0) is 13.0 Å². The number of aromatic nitrogens is 3. The molecule has 3 heterocycles. The van der Waals surface area contributed by atoms with Gasteiger partial charge in [-0.05, 0) is 47.7 Å². The zero-order chi connectivity index (χ0) is 15.1. The first-order valence-electron chi connectivity index (χ1n) is 6.88. The number of rotatable bonds is 2. The Labute approximate surface area is 142 Å². The van der Waals surface area contributed by atoms with Crippen molar-refractivity contribution in [3.63, 3.8) is 0 Å². The van der Waals surface area contributed by atoms with Gasteiger partial charge < -0.3 is 0 Å². The molecule has 0 bridgehead atoms. The summed E-state index contributed by atoms with van der Waals surface area (Å²) < 4.78 is 2.30. The van der Waals surface area contributed by atoms with Gasteiger partial charge in [0.2, 0.25) is 0 Å². The topological polar surface area (TPSA) is 44.8 Å². The molecule has 0 saturated heterocycles. The Kier molecular flexibility index (Phi) is 3.74. The van der Waals surface area contributed by atoms with Gasteiger partial charge >= 0.3 is 0 Å². The standard InChI is InChI=1S/C15H12Cl2N4S/c16-10-3-11(17)5-12(4-10)22-21-2-1-13-9(8-21)6-18-15-14(13)7-19-20-15/h3-7H,1-2,8H2,(H,18,19,20). The molecule has 0 atom stereocenters. The fourth-order valence-corrected chi connectivity index (χ4v) is 4.44. The molecule has 0 saturated carbocycles. The lowest BCUT2D eigenvalue weighted by atomic mass is 10.0. The van der Waals surface area contributed by atoms with Gasteiger partial charge in [0.05, 0.1) is 6.20 Å². The van der Waals surface area contributed by atoms with Gasteiger partial charge in [-0.1, -0.05) is 23.2 Å². The molecule has 1 aliphatic rings. The van der Waals surface area contributed by atoms with Crippen LogP contribution in [-0.4, -0.2) is 26.0 Å². The second-order valence-corrected chi connectivity index (χ2v) is 7.25. The zero-order valence-corrected chi connectivity index (χ0v) is 13.8. The number of pyridine rings is 1. The SMILES string of the molecule is Clc1cc(Cl)cc(SN2CCc3c(cnc4[nH]ncc34)C2)c1. The lowest BCUT2D eigenvalue weighted by Crippen LogP contribution is -2.24. The minimum atomic E-state index is 0.661. The number of H-pyrrole nitrogens is 1. The predicted molar refractivity (Wildman–Crippen MR) is 90.3 cm³/mol. The normalized spacial score (nSPS) is 15.2. The number of hydrogen-bond donors (Lipinski definition) is 1. The van der Waals surface area contributed by atoms with Gasteiger partial charge in [-0.25, -0.2) is 9.29 Å². The molecule has 0 aliphatic carbocycles. The van der Waals surface area contributed by atoms with Gasteiger partial charge in [-0.3, -0.25) is 5.10 Å². The van der Waals surface area contributed by atoms with E-state index >= 15 is 0 Å². The van der Waals surface area contributed by atoms with Gasteiger partial charge in [-0.15, -0.1) is 0 Å². The minimum Gasteiger partial charge on any atom is -0.261 e. The third-order valence-electron chi connectivity index (χ3n) is 3.71. The lowest BCUT2D eigenvalue weighted by Gasteiger charge is -2.27. The van der Waals surface area contributed by atoms with Gasteiger partial charge in [-0.2, -0.15) is 5.10 Å². The van der Waals surface area contributed by atoms with E-state index in [4.69, 9.17) is 23.2 Å². The van der Waals surface area contributed by atoms with Crippen LogP contribution in [0.3, 0.4) is 0 Å². The van der Waals surface area contributed by atoms with Crippen molar-refractivity contribution in [2.24, 2.45) is 0 Å². The van der Waals surface area contributed by atoms with E-state index in [9.17, 15) is 0 Å². The van der Waals surface area contributed by atoms with Gasteiger partial charge in [0.1, 0.15) is 0 Å². The summed E-state index contributed by atoms with van der Waals surface area (Å²) in [5.41, 5.74) is 3.46. The Morgan fingerprint density at radius 2 is 1.95 bits per heavy atom. The quantitative estimate of drug-likeness (QED) is 0.698. The van der Waals surface area contributed by atoms with Gasteiger partial charge in [0.25, 0.3) is 0 Å². The Hall–Kier alpha value is -1.27. The third-order valence-corrected chi connectivity index (χ3v) is 5.16. The average Bonchev–Trinajstić information content (AvgIpc) is 2.94. The van der Waals surface area contributed by atoms with Crippen molar-refractivity contribution in [2.45, 2.75) is 17.9 Å². The molecular formula is C15H12Cl2N4S. The second kappa shape index (κ2) is 5.74. The van der Waals surface area contributed by atoms with E-state index in [-0.39, 0.29) is 0 Å². The monoisotopic (exact) mass is 350 g/mol. The summed E-state index contributed by atoms with van der Waals surface area (Å²) in [5, 5.41) is 9.46. The summed E-state index contributed by atoms with van der Waals surface area (Å²) in [6.45, 7) is 1.81. The van der Waals surface area contributed by atoms with E-state index in [2.05, 4.69) is 19.5 Å². The predicted octanol–water partition coefficient (Wildman–Crippen LogP) is 4.33. The number of fused-ring (bicyclic) bond motifs is 3. The van der Waals surface area contributed by atoms with Gasteiger partial charge in [0.15, 0.2) is 5.65 Å². The van der Waals surface area contributed by atoms with Crippen LogP contribution in [0.2, 0.25) is 10.0 Å². The minimum absolute atomic E-state index is 0.661. The maximum absolute atomic E-state index is 6.07. The van der Waals surface area contributed by atoms with E-state index in [1.807, 2.05) is 24.5 Å². The van der Waals surface area contributed by atoms with Crippen LogP contribution in [0, 0.1) is 0 Å². The number of nitrogens with zero attached hydrogens (tertiary/aromatic N) is 3. The smallest absolute Gasteiger partial charge is 0.155 e. The van der Waals surface area contributed by atoms with Crippen LogP contribution >= 0.6 is 35.1 Å². The number of aromatic amines is 1. The maximum atomic E-state index is 6.07. The molecule has 0 radical (unpaired) electrons. The number of nitrogens with one attached hydrogen (secondary N) is 1. The van der Waals surface area contributed by atoms with Crippen molar-refractivity contribution < 1.29 is 0 Å². The first-order valence-corrected chi connectivity index (χ1v) is 8.41. The average molecular weight is 351 g/mol. The summed E-state index contributed by atoms with van der Waals surface area (Å²) in [6, 6.07) is 5.62. The highest BCUT2D eigenvalue weighted by Crippen LogP contribution is 2.33. The molecule has 0 unspecified atom stereocenters. The number of benzene rings is 1. The molecule has 112 valence electrons. The van der Waals surface area contributed by atoms with Crippen molar-refractivity contribution in [2.75, 3.05) is 6.54 Å². The van der Waals surface area contributed by atoms with Crippen LogP contribution in [0.4, 0.5) is 0 Å². The summed E-state index contributed by atoms with van der Waals surface area (Å²) in [4.78, 5) is 5.48. The van der Waals surface area contributed by atoms with E-state index in [0.29, 0.717) is 10.0 Å². The fraction of sp³-hybridized carbons (Fsp3) is 0.200. The fourth-order valence-electron chi connectivity index (χ4n) is 2.74. The molecule has 0 amide bonds. The zero-order valence-electron chi connectivity index (χ0n) is 11.5. The van der Waals surface area contributed by atoms with E-state index < -0.39 is 0 Å². The second-order valence-electron chi connectivity index (χ2n) is 5.20. The largest absolute Gasteiger partial charge is 0.261 e. The van der Waals surface area contributed by atoms with Crippen molar-refractivity contribution in [3.05, 3.63) is 51.8 Å². The van der Waals surface area contributed by atoms with Gasteiger partial charge in [0, 0.05) is 39.6 Å². The number of hydrogen-bond acceptors (Lipinski definition) is 4. The Balaban J connectivity index is 1.59. The molecule has 22 heavy (non-hydrogen) atoms. The molecule has 0 spiro atoms. The van der Waals surface area contributed by atoms with E-state index in [0.717, 1.165) is 35.4 Å². The molecular weight excluding hydrogens is 339 g/mol. The Bertz CT molecular complexity index is 828. The summed E-state index contributed by atoms with van der Waals surface area (Å²) >= 11 is 13.8. The van der Waals surface area contributed by atoms with Crippen LogP contribution in [0.5, 0.6) is 0 Å². The Morgan fingerprint density at radius 1 is 1.14 bits per heavy atom. The summed E-state index contributed by atoms with van der Waals surface area (Å²) in [5.74, 6) is 0. The van der Waals surface area contributed by atoms with Crippen molar-refractivity contribution in [1.82, 2.24) is 19.5 Å². The summed E-state index contributed by atoms with van der Waals surface area (Å²) in [7, 11) is 0. The van der Waals surface area contributed by atoms with Crippen molar-refractivity contribution >= 4 is 46.2 Å². The summed E-state index contributed by atoms with van der Waals surface area (Å²) in [6.07, 6.45) is 4.78. The molecule has 1 N–H and O–H groups in total. The Morgan fingerprint density at radius 3 is 2.77 bits per heavy atom. The molecule has 1 aromatic carbocycles. The third kappa shape index (κ3) is 2.70. The molecule has 3 aromatic rings. The molecule has 1 aliphatic heterocycles. The van der Waals surface area contributed by atoms with Crippen LogP contribution < -0.4 is 0 Å². The number of halogens is 2. The first-order chi connectivity index (χ1) is 10.7. The van der Waals surface area contributed by atoms with Crippen LogP contribution in [0.25, 0.3) is 11.0 Å². The highest BCUT2D eigenvalue weighted by molar-refractivity contribution is 7.97. The van der Waals surface area contributed by atoms with Crippen LogP contribution in [0.1, 0.15) is 11.1 Å². The lowest BCUT2D eigenvalue weighted by molar-refractivity contribution is 0.445. The highest BCUT2D eigenvalue weighted by atomic mass is 35.5. The van der Waals surface area contributed by atoms with E-state index in [1.54, 1.807) is 18.0 Å². The highest BCUT2D eigenvalue weighted by Gasteiger charge is 2.20. The molecule has 7 heteroatoms. The molecule has 2 aromatic heterocycles. The molecule has 4 nitrogen and oxygen atoms in total. The maximum Gasteiger partial charge on any atom is 0.155 e. The molecule has 0 fully saturated rings. The van der Waals surface area contributed by atoms with E-state index in [1.165, 1.54) is 11.1 Å². The van der Waals surface area contributed by atoms with Crippen molar-refractivity contribution in [3.8, 4) is 0 Å². The van der Waals surface area contributed by atoms with Crippen molar-refractivity contribution in [1.29, 1.82) is 0 Å².